The van der Waals surface area contributed by atoms with E-state index in [-0.39, 0.29) is 29.3 Å². The van der Waals surface area contributed by atoms with E-state index in [1.165, 1.54) is 11.3 Å². The summed E-state index contributed by atoms with van der Waals surface area (Å²) in [6.45, 7) is 1.88. The predicted molar refractivity (Wildman–Crippen MR) is 123 cm³/mol. The van der Waals surface area contributed by atoms with Gasteiger partial charge in [-0.25, -0.2) is 0 Å². The average molecular weight is 436 g/mol. The van der Waals surface area contributed by atoms with Gasteiger partial charge in [0.1, 0.15) is 6.54 Å². The molecular formula is C24H25N3O3S. The van der Waals surface area contributed by atoms with Crippen molar-refractivity contribution in [3.05, 3.63) is 86.0 Å². The molecular weight excluding hydrogens is 410 g/mol. The summed E-state index contributed by atoms with van der Waals surface area (Å²) in [6, 6.07) is 16.4. The molecule has 0 fully saturated rings. The maximum absolute atomic E-state index is 12.9. The van der Waals surface area contributed by atoms with E-state index in [0.29, 0.717) is 11.3 Å². The number of rotatable bonds is 6. The van der Waals surface area contributed by atoms with E-state index in [1.807, 2.05) is 37.3 Å². The van der Waals surface area contributed by atoms with Crippen LogP contribution in [0, 0.1) is 0 Å². The van der Waals surface area contributed by atoms with Crippen molar-refractivity contribution in [3.63, 3.8) is 0 Å². The highest BCUT2D eigenvalue weighted by Gasteiger charge is 2.21. The third-order valence-electron chi connectivity index (χ3n) is 5.54. The Balaban J connectivity index is 1.47. The number of para-hydroxylation sites is 1. The Morgan fingerprint density at radius 3 is 2.55 bits per heavy atom. The molecule has 0 saturated heterocycles. The third-order valence-corrected chi connectivity index (χ3v) is 6.62. The second kappa shape index (κ2) is 9.31. The Bertz CT molecular complexity index is 1150. The van der Waals surface area contributed by atoms with Crippen molar-refractivity contribution < 1.29 is 9.59 Å². The number of fused-ring (bicyclic) bond motifs is 1. The molecule has 1 atom stereocenters. The summed E-state index contributed by atoms with van der Waals surface area (Å²) in [7, 11) is 0. The summed E-state index contributed by atoms with van der Waals surface area (Å²) in [6.07, 6.45) is 3.86. The Labute approximate surface area is 184 Å². The first kappa shape index (κ1) is 21.1. The SMILES string of the molecule is CC(NC(=O)c1ccccc1NC(=O)Cn1c2c(sc1=O)CCCC2)c1ccccc1. The average Bonchev–Trinajstić information content (AvgIpc) is 3.09. The third kappa shape index (κ3) is 4.77. The fraction of sp³-hybridized carbons (Fsp3) is 0.292. The molecule has 31 heavy (non-hydrogen) atoms. The lowest BCUT2D eigenvalue weighted by atomic mass is 10.0. The van der Waals surface area contributed by atoms with Crippen LogP contribution in [0.3, 0.4) is 0 Å². The van der Waals surface area contributed by atoms with Crippen LogP contribution in [-0.4, -0.2) is 16.4 Å². The molecule has 0 radical (unpaired) electrons. The first-order valence-corrected chi connectivity index (χ1v) is 11.3. The lowest BCUT2D eigenvalue weighted by Gasteiger charge is -2.17. The summed E-state index contributed by atoms with van der Waals surface area (Å²) < 4.78 is 1.58. The van der Waals surface area contributed by atoms with Crippen molar-refractivity contribution in [2.24, 2.45) is 0 Å². The van der Waals surface area contributed by atoms with Crippen LogP contribution in [0.4, 0.5) is 5.69 Å². The number of anilines is 1. The van der Waals surface area contributed by atoms with E-state index in [2.05, 4.69) is 10.6 Å². The monoisotopic (exact) mass is 435 g/mol. The fourth-order valence-corrected chi connectivity index (χ4v) is 4.98. The number of hydrogen-bond acceptors (Lipinski definition) is 4. The second-order valence-corrected chi connectivity index (χ2v) is 8.78. The molecule has 6 nitrogen and oxygen atoms in total. The minimum absolute atomic E-state index is 0.0406. The van der Waals surface area contributed by atoms with Gasteiger partial charge in [0.25, 0.3) is 5.91 Å². The van der Waals surface area contributed by atoms with Gasteiger partial charge in [-0.05, 0) is 50.3 Å². The molecule has 1 aromatic heterocycles. The van der Waals surface area contributed by atoms with Gasteiger partial charge in [-0.15, -0.1) is 0 Å². The second-order valence-electron chi connectivity index (χ2n) is 7.73. The van der Waals surface area contributed by atoms with Gasteiger partial charge in [-0.2, -0.15) is 0 Å². The zero-order valence-electron chi connectivity index (χ0n) is 17.4. The van der Waals surface area contributed by atoms with Crippen molar-refractivity contribution in [2.45, 2.75) is 45.2 Å². The van der Waals surface area contributed by atoms with Crippen molar-refractivity contribution >= 4 is 28.8 Å². The number of carbonyl (C=O) groups excluding carboxylic acids is 2. The van der Waals surface area contributed by atoms with Crippen LogP contribution < -0.4 is 15.5 Å². The maximum Gasteiger partial charge on any atom is 0.308 e. The predicted octanol–water partition coefficient (Wildman–Crippen LogP) is 3.92. The van der Waals surface area contributed by atoms with Crippen LogP contribution in [0.5, 0.6) is 0 Å². The number of aryl methyl sites for hydroxylation is 1. The van der Waals surface area contributed by atoms with Gasteiger partial charge in [0.15, 0.2) is 0 Å². The topological polar surface area (TPSA) is 80.2 Å². The summed E-state index contributed by atoms with van der Waals surface area (Å²) in [5.41, 5.74) is 2.80. The zero-order valence-corrected chi connectivity index (χ0v) is 18.2. The number of carbonyl (C=O) groups is 2. The summed E-state index contributed by atoms with van der Waals surface area (Å²) in [5.74, 6) is -0.582. The molecule has 3 aromatic rings. The molecule has 2 aromatic carbocycles. The highest BCUT2D eigenvalue weighted by Crippen LogP contribution is 2.24. The molecule has 0 spiro atoms. The minimum Gasteiger partial charge on any atom is -0.345 e. The van der Waals surface area contributed by atoms with Crippen molar-refractivity contribution in [2.75, 3.05) is 5.32 Å². The van der Waals surface area contributed by atoms with Gasteiger partial charge < -0.3 is 10.6 Å². The van der Waals surface area contributed by atoms with Gasteiger partial charge in [0, 0.05) is 10.6 Å². The molecule has 1 aliphatic carbocycles. The van der Waals surface area contributed by atoms with Crippen molar-refractivity contribution in [1.29, 1.82) is 0 Å². The first-order chi connectivity index (χ1) is 15.0. The summed E-state index contributed by atoms with van der Waals surface area (Å²) in [4.78, 5) is 39.0. The highest BCUT2D eigenvalue weighted by atomic mass is 32.1. The zero-order chi connectivity index (χ0) is 21.8. The Morgan fingerprint density at radius 1 is 1.03 bits per heavy atom. The van der Waals surface area contributed by atoms with Crippen LogP contribution in [0.15, 0.2) is 59.4 Å². The van der Waals surface area contributed by atoms with Crippen LogP contribution >= 0.6 is 11.3 Å². The van der Waals surface area contributed by atoms with Crippen LogP contribution in [0.25, 0.3) is 0 Å². The number of amides is 2. The van der Waals surface area contributed by atoms with Crippen molar-refractivity contribution in [1.82, 2.24) is 9.88 Å². The number of benzene rings is 2. The van der Waals surface area contributed by atoms with E-state index in [1.54, 1.807) is 28.8 Å². The van der Waals surface area contributed by atoms with E-state index in [0.717, 1.165) is 41.8 Å². The highest BCUT2D eigenvalue weighted by molar-refractivity contribution is 7.09. The molecule has 2 N–H and O–H groups in total. The lowest BCUT2D eigenvalue weighted by Crippen LogP contribution is -2.29. The molecule has 160 valence electrons. The number of hydrogen-bond donors (Lipinski definition) is 2. The molecule has 0 aliphatic heterocycles. The van der Waals surface area contributed by atoms with Gasteiger partial charge in [-0.1, -0.05) is 53.8 Å². The first-order valence-electron chi connectivity index (χ1n) is 10.5. The van der Waals surface area contributed by atoms with Gasteiger partial charge >= 0.3 is 4.87 Å². The molecule has 7 heteroatoms. The quantitative estimate of drug-likeness (QED) is 0.616. The molecule has 1 unspecified atom stereocenters. The van der Waals surface area contributed by atoms with Crippen LogP contribution in [0.1, 0.15) is 52.3 Å². The smallest absolute Gasteiger partial charge is 0.308 e. The van der Waals surface area contributed by atoms with Crippen LogP contribution in [-0.2, 0) is 24.2 Å². The Hall–Kier alpha value is -3.19. The Morgan fingerprint density at radius 2 is 1.74 bits per heavy atom. The molecule has 1 aliphatic rings. The van der Waals surface area contributed by atoms with E-state index in [9.17, 15) is 14.4 Å². The normalized spacial score (nSPS) is 13.8. The van der Waals surface area contributed by atoms with Gasteiger partial charge in [0.05, 0.1) is 17.3 Å². The largest absolute Gasteiger partial charge is 0.345 e. The standard InChI is InChI=1S/C24H25N3O3S/c1-16(17-9-3-2-4-10-17)25-23(29)18-11-5-6-12-19(18)26-22(28)15-27-20-13-7-8-14-21(20)31-24(27)30/h2-6,9-12,16H,7-8,13-15H2,1H3,(H,25,29)(H,26,28). The van der Waals surface area contributed by atoms with Gasteiger partial charge in [0.2, 0.25) is 5.91 Å². The number of aromatic nitrogens is 1. The Kier molecular flexibility index (Phi) is 6.32. The van der Waals surface area contributed by atoms with E-state index >= 15 is 0 Å². The molecule has 4 rings (SSSR count). The maximum atomic E-state index is 12.9. The minimum atomic E-state index is -0.315. The number of nitrogens with zero attached hydrogens (tertiary/aromatic N) is 1. The summed E-state index contributed by atoms with van der Waals surface area (Å²) >= 11 is 1.24. The van der Waals surface area contributed by atoms with Gasteiger partial charge in [-0.3, -0.25) is 19.0 Å². The fourth-order valence-electron chi connectivity index (χ4n) is 3.91. The van der Waals surface area contributed by atoms with Crippen molar-refractivity contribution in [3.8, 4) is 0 Å². The molecule has 0 saturated carbocycles. The molecule has 1 heterocycles. The molecule has 0 bridgehead atoms. The molecule has 2 amide bonds. The lowest BCUT2D eigenvalue weighted by molar-refractivity contribution is -0.116. The van der Waals surface area contributed by atoms with E-state index < -0.39 is 0 Å². The summed E-state index contributed by atoms with van der Waals surface area (Å²) in [5, 5.41) is 5.80. The number of nitrogens with one attached hydrogen (secondary N) is 2. The van der Waals surface area contributed by atoms with E-state index in [4.69, 9.17) is 0 Å². The van der Waals surface area contributed by atoms with Crippen LogP contribution in [0.2, 0.25) is 0 Å². The number of thiazole rings is 1.